The third kappa shape index (κ3) is 5.16. The number of nitrogens with zero attached hydrogens (tertiary/aromatic N) is 1. The SMILES string of the molecule is O=C(CNC(=O)Nc1ccc([N+](=O)[O-])cc1)NCc1ccco1. The maximum atomic E-state index is 11.6. The lowest BCUT2D eigenvalue weighted by Crippen LogP contribution is -2.38. The number of urea groups is 1. The molecule has 2 rings (SSSR count). The van der Waals surface area contributed by atoms with Crippen molar-refractivity contribution in [3.05, 3.63) is 58.5 Å². The molecule has 9 nitrogen and oxygen atoms in total. The molecule has 0 unspecified atom stereocenters. The van der Waals surface area contributed by atoms with Crippen LogP contribution in [0.1, 0.15) is 5.76 Å². The average Bonchev–Trinajstić information content (AvgIpc) is 3.05. The largest absolute Gasteiger partial charge is 0.467 e. The lowest BCUT2D eigenvalue weighted by Gasteiger charge is -2.07. The average molecular weight is 318 g/mol. The number of benzene rings is 1. The van der Waals surface area contributed by atoms with E-state index < -0.39 is 11.0 Å². The molecule has 120 valence electrons. The van der Waals surface area contributed by atoms with E-state index in [4.69, 9.17) is 4.42 Å². The lowest BCUT2D eigenvalue weighted by molar-refractivity contribution is -0.384. The zero-order chi connectivity index (χ0) is 16.7. The summed E-state index contributed by atoms with van der Waals surface area (Å²) in [5, 5.41) is 17.9. The molecule has 0 saturated heterocycles. The van der Waals surface area contributed by atoms with E-state index >= 15 is 0 Å². The summed E-state index contributed by atoms with van der Waals surface area (Å²) in [5.41, 5.74) is 0.303. The van der Waals surface area contributed by atoms with Gasteiger partial charge in [-0.05, 0) is 24.3 Å². The minimum atomic E-state index is -0.591. The van der Waals surface area contributed by atoms with E-state index in [2.05, 4.69) is 16.0 Å². The van der Waals surface area contributed by atoms with Gasteiger partial charge in [0.2, 0.25) is 5.91 Å². The highest BCUT2D eigenvalue weighted by Gasteiger charge is 2.08. The standard InChI is InChI=1S/C14H14N4O5/c19-13(15-8-12-2-1-7-23-12)9-16-14(20)17-10-3-5-11(6-4-10)18(21)22/h1-7H,8-9H2,(H,15,19)(H2,16,17,20). The third-order valence-corrected chi connectivity index (χ3v) is 2.79. The van der Waals surface area contributed by atoms with Crippen LogP contribution in [0.15, 0.2) is 47.1 Å². The van der Waals surface area contributed by atoms with Gasteiger partial charge in [-0.1, -0.05) is 0 Å². The number of amides is 3. The first-order chi connectivity index (χ1) is 11.0. The van der Waals surface area contributed by atoms with E-state index in [0.717, 1.165) is 0 Å². The summed E-state index contributed by atoms with van der Waals surface area (Å²) >= 11 is 0. The Hall–Kier alpha value is -3.36. The van der Waals surface area contributed by atoms with Crippen molar-refractivity contribution >= 4 is 23.3 Å². The summed E-state index contributed by atoms with van der Waals surface area (Å²) in [5.74, 6) is 0.230. The number of nitrogens with one attached hydrogen (secondary N) is 3. The molecule has 0 atom stereocenters. The molecule has 0 aliphatic rings. The molecule has 0 fully saturated rings. The van der Waals surface area contributed by atoms with Gasteiger partial charge in [-0.3, -0.25) is 14.9 Å². The Balaban J connectivity index is 1.71. The number of nitro benzene ring substituents is 1. The van der Waals surface area contributed by atoms with Crippen LogP contribution < -0.4 is 16.0 Å². The zero-order valence-corrected chi connectivity index (χ0v) is 11.9. The first-order valence-electron chi connectivity index (χ1n) is 6.63. The van der Waals surface area contributed by atoms with Crippen LogP contribution in [0.25, 0.3) is 0 Å². The number of hydrogen-bond acceptors (Lipinski definition) is 5. The van der Waals surface area contributed by atoms with Gasteiger partial charge in [-0.25, -0.2) is 4.79 Å². The Bertz CT molecular complexity index is 682. The van der Waals surface area contributed by atoms with Gasteiger partial charge in [0.25, 0.3) is 5.69 Å². The summed E-state index contributed by atoms with van der Waals surface area (Å²) in [4.78, 5) is 33.1. The van der Waals surface area contributed by atoms with Crippen LogP contribution >= 0.6 is 0 Å². The fraction of sp³-hybridized carbons (Fsp3) is 0.143. The third-order valence-electron chi connectivity index (χ3n) is 2.79. The summed E-state index contributed by atoms with van der Waals surface area (Å²) in [7, 11) is 0. The normalized spacial score (nSPS) is 9.91. The highest BCUT2D eigenvalue weighted by molar-refractivity contribution is 5.92. The van der Waals surface area contributed by atoms with Gasteiger partial charge in [-0.15, -0.1) is 0 Å². The van der Waals surface area contributed by atoms with Crippen LogP contribution in [0.4, 0.5) is 16.2 Å². The molecule has 0 aliphatic carbocycles. The number of non-ortho nitro benzene ring substituents is 1. The molecule has 1 heterocycles. The van der Waals surface area contributed by atoms with Crippen molar-refractivity contribution in [2.75, 3.05) is 11.9 Å². The molecule has 1 aromatic carbocycles. The van der Waals surface area contributed by atoms with Gasteiger partial charge in [0.15, 0.2) is 0 Å². The Morgan fingerprint density at radius 1 is 1.13 bits per heavy atom. The highest BCUT2D eigenvalue weighted by atomic mass is 16.6. The van der Waals surface area contributed by atoms with Gasteiger partial charge in [-0.2, -0.15) is 0 Å². The van der Waals surface area contributed by atoms with E-state index in [9.17, 15) is 19.7 Å². The van der Waals surface area contributed by atoms with Gasteiger partial charge in [0.1, 0.15) is 5.76 Å². The lowest BCUT2D eigenvalue weighted by atomic mass is 10.3. The molecule has 0 aliphatic heterocycles. The molecule has 0 saturated carbocycles. The van der Waals surface area contributed by atoms with E-state index in [1.807, 2.05) is 0 Å². The molecular formula is C14H14N4O5. The first kappa shape index (κ1) is 16.0. The van der Waals surface area contributed by atoms with Crippen molar-refractivity contribution in [1.82, 2.24) is 10.6 Å². The maximum absolute atomic E-state index is 11.6. The monoisotopic (exact) mass is 318 g/mol. The van der Waals surface area contributed by atoms with Crippen LogP contribution in [0, 0.1) is 10.1 Å². The second-order valence-corrected chi connectivity index (χ2v) is 4.47. The van der Waals surface area contributed by atoms with E-state index in [1.54, 1.807) is 12.1 Å². The van der Waals surface area contributed by atoms with E-state index in [1.165, 1.54) is 30.5 Å². The Labute approximate surface area is 130 Å². The number of anilines is 1. The maximum Gasteiger partial charge on any atom is 0.319 e. The molecule has 3 amide bonds. The Morgan fingerprint density at radius 3 is 2.48 bits per heavy atom. The molecular weight excluding hydrogens is 304 g/mol. The minimum Gasteiger partial charge on any atom is -0.467 e. The summed E-state index contributed by atoms with van der Waals surface area (Å²) in [6.07, 6.45) is 1.50. The molecule has 23 heavy (non-hydrogen) atoms. The fourth-order valence-corrected chi connectivity index (χ4v) is 1.66. The van der Waals surface area contributed by atoms with Gasteiger partial charge in [0, 0.05) is 17.8 Å². The fourth-order valence-electron chi connectivity index (χ4n) is 1.66. The minimum absolute atomic E-state index is 0.0757. The van der Waals surface area contributed by atoms with Crippen molar-refractivity contribution in [1.29, 1.82) is 0 Å². The highest BCUT2D eigenvalue weighted by Crippen LogP contribution is 2.15. The molecule has 0 spiro atoms. The van der Waals surface area contributed by atoms with Crippen LogP contribution in [0.2, 0.25) is 0 Å². The zero-order valence-electron chi connectivity index (χ0n) is 11.9. The second kappa shape index (κ2) is 7.59. The van der Waals surface area contributed by atoms with Crippen molar-refractivity contribution < 1.29 is 18.9 Å². The topological polar surface area (TPSA) is 127 Å². The van der Waals surface area contributed by atoms with Gasteiger partial charge in [0.05, 0.1) is 24.3 Å². The van der Waals surface area contributed by atoms with Crippen LogP contribution in [0.5, 0.6) is 0 Å². The number of carbonyl (C=O) groups is 2. The summed E-state index contributed by atoms with van der Waals surface area (Å²) in [6, 6.07) is 8.17. The smallest absolute Gasteiger partial charge is 0.319 e. The van der Waals surface area contributed by atoms with Crippen molar-refractivity contribution in [2.45, 2.75) is 6.54 Å². The number of carbonyl (C=O) groups excluding carboxylic acids is 2. The second-order valence-electron chi connectivity index (χ2n) is 4.47. The van der Waals surface area contributed by atoms with Crippen LogP contribution in [0.3, 0.4) is 0 Å². The predicted octanol–water partition coefficient (Wildman–Crippen LogP) is 1.63. The predicted molar refractivity (Wildman–Crippen MR) is 80.7 cm³/mol. The van der Waals surface area contributed by atoms with Crippen molar-refractivity contribution in [3.63, 3.8) is 0 Å². The number of furan rings is 1. The quantitative estimate of drug-likeness (QED) is 0.551. The van der Waals surface area contributed by atoms with Crippen LogP contribution in [-0.4, -0.2) is 23.4 Å². The summed E-state index contributed by atoms with van der Waals surface area (Å²) in [6.45, 7) is 0.0248. The molecule has 0 radical (unpaired) electrons. The molecule has 1 aromatic heterocycles. The number of hydrogen-bond donors (Lipinski definition) is 3. The summed E-state index contributed by atoms with van der Waals surface area (Å²) < 4.78 is 5.05. The molecule has 0 bridgehead atoms. The molecule has 2 aromatic rings. The van der Waals surface area contributed by atoms with E-state index in [0.29, 0.717) is 11.4 Å². The Morgan fingerprint density at radius 2 is 1.87 bits per heavy atom. The van der Waals surface area contributed by atoms with E-state index in [-0.39, 0.29) is 24.7 Å². The first-order valence-corrected chi connectivity index (χ1v) is 6.63. The molecule has 3 N–H and O–H groups in total. The number of nitro groups is 1. The van der Waals surface area contributed by atoms with Crippen molar-refractivity contribution in [2.24, 2.45) is 0 Å². The van der Waals surface area contributed by atoms with Gasteiger partial charge >= 0.3 is 6.03 Å². The van der Waals surface area contributed by atoms with Crippen molar-refractivity contribution in [3.8, 4) is 0 Å². The molecule has 9 heteroatoms. The van der Waals surface area contributed by atoms with Crippen LogP contribution in [-0.2, 0) is 11.3 Å². The Kier molecular flexibility index (Phi) is 5.29. The number of rotatable bonds is 6. The van der Waals surface area contributed by atoms with Gasteiger partial charge < -0.3 is 20.4 Å².